The van der Waals surface area contributed by atoms with E-state index in [1.54, 1.807) is 0 Å². The summed E-state index contributed by atoms with van der Waals surface area (Å²) in [5.74, 6) is 0. The lowest BCUT2D eigenvalue weighted by atomic mass is 9.79. The summed E-state index contributed by atoms with van der Waals surface area (Å²) in [5, 5.41) is 0. The summed E-state index contributed by atoms with van der Waals surface area (Å²) < 4.78 is 0. The molecule has 0 atom stereocenters. The zero-order valence-corrected chi connectivity index (χ0v) is 13.0. The highest BCUT2D eigenvalue weighted by Crippen LogP contribution is 2.35. The van der Waals surface area contributed by atoms with E-state index in [9.17, 15) is 0 Å². The van der Waals surface area contributed by atoms with Gasteiger partial charge in [-0.3, -0.25) is 0 Å². The van der Waals surface area contributed by atoms with Crippen molar-refractivity contribution in [3.8, 4) is 0 Å². The molecule has 2 rings (SSSR count). The minimum Gasteiger partial charge on any atom is -0.330 e. The molecule has 3 nitrogen and oxygen atoms in total. The van der Waals surface area contributed by atoms with E-state index in [1.807, 2.05) is 0 Å². The monoisotopic (exact) mass is 267 g/mol. The Morgan fingerprint density at radius 1 is 1.05 bits per heavy atom. The molecule has 0 aromatic rings. The van der Waals surface area contributed by atoms with Crippen molar-refractivity contribution in [2.45, 2.75) is 57.4 Å². The van der Waals surface area contributed by atoms with Crippen LogP contribution in [0.3, 0.4) is 0 Å². The van der Waals surface area contributed by atoms with Crippen LogP contribution in [0.25, 0.3) is 0 Å². The van der Waals surface area contributed by atoms with E-state index in [1.165, 1.54) is 71.0 Å². The Morgan fingerprint density at radius 3 is 2.11 bits per heavy atom. The van der Waals surface area contributed by atoms with Crippen molar-refractivity contribution >= 4 is 0 Å². The molecule has 1 heterocycles. The third-order valence-electron chi connectivity index (χ3n) is 5.44. The van der Waals surface area contributed by atoms with Gasteiger partial charge < -0.3 is 15.5 Å². The molecular formula is C16H33N3. The molecule has 112 valence electrons. The van der Waals surface area contributed by atoms with E-state index in [0.717, 1.165) is 12.6 Å². The van der Waals surface area contributed by atoms with Crippen LogP contribution in [-0.4, -0.2) is 56.1 Å². The van der Waals surface area contributed by atoms with Gasteiger partial charge in [-0.1, -0.05) is 25.7 Å². The maximum absolute atomic E-state index is 6.17. The molecule has 0 radical (unpaired) electrons. The summed E-state index contributed by atoms with van der Waals surface area (Å²) in [7, 11) is 4.43. The van der Waals surface area contributed by atoms with Gasteiger partial charge in [0.25, 0.3) is 0 Å². The largest absolute Gasteiger partial charge is 0.330 e. The van der Waals surface area contributed by atoms with Gasteiger partial charge in [0.05, 0.1) is 0 Å². The van der Waals surface area contributed by atoms with Gasteiger partial charge in [-0.15, -0.1) is 0 Å². The summed E-state index contributed by atoms with van der Waals surface area (Å²) in [6.07, 6.45) is 11.0. The van der Waals surface area contributed by atoms with Gasteiger partial charge in [0.1, 0.15) is 0 Å². The predicted molar refractivity (Wildman–Crippen MR) is 82.3 cm³/mol. The number of hydrogen-bond acceptors (Lipinski definition) is 3. The van der Waals surface area contributed by atoms with Crippen molar-refractivity contribution < 1.29 is 0 Å². The van der Waals surface area contributed by atoms with Crippen molar-refractivity contribution in [3.63, 3.8) is 0 Å². The van der Waals surface area contributed by atoms with Crippen LogP contribution in [0.5, 0.6) is 0 Å². The topological polar surface area (TPSA) is 32.5 Å². The number of piperidine rings is 1. The normalized spacial score (nSPS) is 26.5. The second-order valence-corrected chi connectivity index (χ2v) is 7.09. The molecule has 0 spiro atoms. The lowest BCUT2D eigenvalue weighted by Crippen LogP contribution is -2.48. The Kier molecular flexibility index (Phi) is 5.67. The molecule has 2 fully saturated rings. The molecule has 0 aromatic carbocycles. The Morgan fingerprint density at radius 2 is 1.63 bits per heavy atom. The second kappa shape index (κ2) is 7.05. The number of likely N-dealkylation sites (tertiary alicyclic amines) is 1. The molecule has 1 saturated carbocycles. The predicted octanol–water partition coefficient (Wildman–Crippen LogP) is 2.31. The van der Waals surface area contributed by atoms with Gasteiger partial charge in [0.15, 0.2) is 0 Å². The van der Waals surface area contributed by atoms with Crippen molar-refractivity contribution in [1.29, 1.82) is 0 Å². The zero-order chi connectivity index (χ0) is 13.7. The fourth-order valence-corrected chi connectivity index (χ4v) is 3.97. The lowest BCUT2D eigenvalue weighted by molar-refractivity contribution is 0.0879. The maximum atomic E-state index is 6.17. The fourth-order valence-electron chi connectivity index (χ4n) is 3.97. The molecule has 0 amide bonds. The molecule has 1 aliphatic heterocycles. The molecule has 0 unspecified atom stereocenters. The first kappa shape index (κ1) is 15.3. The van der Waals surface area contributed by atoms with Gasteiger partial charge in [-0.25, -0.2) is 0 Å². The van der Waals surface area contributed by atoms with Crippen molar-refractivity contribution in [1.82, 2.24) is 9.80 Å². The first-order valence-corrected chi connectivity index (χ1v) is 8.24. The Balaban J connectivity index is 1.85. The lowest BCUT2D eigenvalue weighted by Gasteiger charge is -2.41. The highest BCUT2D eigenvalue weighted by Gasteiger charge is 2.33. The van der Waals surface area contributed by atoms with E-state index in [4.69, 9.17) is 5.73 Å². The van der Waals surface area contributed by atoms with Crippen molar-refractivity contribution in [3.05, 3.63) is 0 Å². The molecule has 0 bridgehead atoms. The van der Waals surface area contributed by atoms with Crippen LogP contribution >= 0.6 is 0 Å². The van der Waals surface area contributed by atoms with Gasteiger partial charge >= 0.3 is 0 Å². The van der Waals surface area contributed by atoms with Crippen LogP contribution in [0.15, 0.2) is 0 Å². The highest BCUT2D eigenvalue weighted by atomic mass is 15.2. The van der Waals surface area contributed by atoms with Gasteiger partial charge in [0.2, 0.25) is 0 Å². The molecule has 19 heavy (non-hydrogen) atoms. The van der Waals surface area contributed by atoms with Gasteiger partial charge in [0, 0.05) is 12.6 Å². The SMILES string of the molecule is CN(C)C1CCN(CC2(CN)CCCCCC2)CC1. The molecular weight excluding hydrogens is 234 g/mol. The third-order valence-corrected chi connectivity index (χ3v) is 5.44. The third kappa shape index (κ3) is 4.17. The summed E-state index contributed by atoms with van der Waals surface area (Å²) in [6.45, 7) is 4.68. The van der Waals surface area contributed by atoms with Crippen LogP contribution < -0.4 is 5.73 Å². The average molecular weight is 267 g/mol. The minimum atomic E-state index is 0.432. The van der Waals surface area contributed by atoms with Crippen LogP contribution in [0.1, 0.15) is 51.4 Å². The number of nitrogens with zero attached hydrogens (tertiary/aromatic N) is 2. The standard InChI is InChI=1S/C16H33N3/c1-18(2)15-7-11-19(12-8-15)14-16(13-17)9-5-3-4-6-10-16/h15H,3-14,17H2,1-2H3. The molecule has 2 aliphatic rings. The Labute approximate surface area is 119 Å². The van der Waals surface area contributed by atoms with Gasteiger partial charge in [-0.2, -0.15) is 0 Å². The van der Waals surface area contributed by atoms with Gasteiger partial charge in [-0.05, 0) is 64.8 Å². The maximum Gasteiger partial charge on any atom is 0.0113 e. The Hall–Kier alpha value is -0.120. The van der Waals surface area contributed by atoms with E-state index in [0.29, 0.717) is 5.41 Å². The van der Waals surface area contributed by atoms with Crippen molar-refractivity contribution in [2.75, 3.05) is 40.3 Å². The van der Waals surface area contributed by atoms with Crippen LogP contribution in [0.2, 0.25) is 0 Å². The molecule has 2 N–H and O–H groups in total. The first-order valence-electron chi connectivity index (χ1n) is 8.24. The zero-order valence-electron chi connectivity index (χ0n) is 13.0. The van der Waals surface area contributed by atoms with Crippen LogP contribution in [0.4, 0.5) is 0 Å². The number of hydrogen-bond donors (Lipinski definition) is 1. The average Bonchev–Trinajstić information content (AvgIpc) is 2.65. The smallest absolute Gasteiger partial charge is 0.0113 e. The van der Waals surface area contributed by atoms with E-state index in [2.05, 4.69) is 23.9 Å². The Bertz CT molecular complexity index is 249. The number of rotatable bonds is 4. The summed E-state index contributed by atoms with van der Waals surface area (Å²) in [4.78, 5) is 5.08. The summed E-state index contributed by atoms with van der Waals surface area (Å²) in [6, 6.07) is 0.791. The second-order valence-electron chi connectivity index (χ2n) is 7.09. The number of nitrogens with two attached hydrogens (primary N) is 1. The van der Waals surface area contributed by atoms with Crippen LogP contribution in [0, 0.1) is 5.41 Å². The van der Waals surface area contributed by atoms with Crippen molar-refractivity contribution in [2.24, 2.45) is 11.1 Å². The molecule has 3 heteroatoms. The van der Waals surface area contributed by atoms with Crippen LogP contribution in [-0.2, 0) is 0 Å². The molecule has 1 aliphatic carbocycles. The summed E-state index contributed by atoms with van der Waals surface area (Å²) in [5.41, 5.74) is 6.60. The molecule has 1 saturated heterocycles. The van der Waals surface area contributed by atoms with E-state index >= 15 is 0 Å². The first-order chi connectivity index (χ1) is 9.15. The fraction of sp³-hybridized carbons (Fsp3) is 1.00. The van der Waals surface area contributed by atoms with E-state index < -0.39 is 0 Å². The highest BCUT2D eigenvalue weighted by molar-refractivity contribution is 4.88. The molecule has 0 aromatic heterocycles. The van der Waals surface area contributed by atoms with E-state index in [-0.39, 0.29) is 0 Å². The quantitative estimate of drug-likeness (QED) is 0.793. The minimum absolute atomic E-state index is 0.432. The summed E-state index contributed by atoms with van der Waals surface area (Å²) >= 11 is 0.